The van der Waals surface area contributed by atoms with Gasteiger partial charge in [0, 0.05) is 56.7 Å². The number of rotatable bonds is 5. The molecule has 4 rings (SSSR count). The van der Waals surface area contributed by atoms with Crippen molar-refractivity contribution in [1.29, 1.82) is 0 Å². The number of aromatic nitrogens is 2. The SMILES string of the molecule is O=C(NC1CCCN(C(=O)CCN2CCc3ccccc32)CC1)c1cnccn1. The van der Waals surface area contributed by atoms with E-state index in [1.54, 1.807) is 6.20 Å². The molecule has 1 aromatic heterocycles. The maximum Gasteiger partial charge on any atom is 0.271 e. The van der Waals surface area contributed by atoms with Gasteiger partial charge in [-0.25, -0.2) is 4.98 Å². The number of anilines is 1. The van der Waals surface area contributed by atoms with Crippen LogP contribution in [0.4, 0.5) is 5.69 Å². The predicted octanol–water partition coefficient (Wildman–Crippen LogP) is 2.04. The van der Waals surface area contributed by atoms with E-state index in [0.29, 0.717) is 18.7 Å². The molecule has 1 fully saturated rings. The zero-order chi connectivity index (χ0) is 20.1. The first-order valence-electron chi connectivity index (χ1n) is 10.4. The molecular formula is C22H27N5O2. The highest BCUT2D eigenvalue weighted by atomic mass is 16.2. The third-order valence-corrected chi connectivity index (χ3v) is 5.79. The van der Waals surface area contributed by atoms with Gasteiger partial charge in [-0.3, -0.25) is 14.6 Å². The van der Waals surface area contributed by atoms with Gasteiger partial charge in [-0.15, -0.1) is 0 Å². The lowest BCUT2D eigenvalue weighted by molar-refractivity contribution is -0.130. The summed E-state index contributed by atoms with van der Waals surface area (Å²) < 4.78 is 0. The van der Waals surface area contributed by atoms with Crippen LogP contribution in [0.5, 0.6) is 0 Å². The second-order valence-corrected chi connectivity index (χ2v) is 7.69. The maximum atomic E-state index is 12.8. The predicted molar refractivity (Wildman–Crippen MR) is 111 cm³/mol. The number of benzene rings is 1. The van der Waals surface area contributed by atoms with Crippen LogP contribution >= 0.6 is 0 Å². The molecule has 1 N–H and O–H groups in total. The summed E-state index contributed by atoms with van der Waals surface area (Å²) >= 11 is 0. The zero-order valence-electron chi connectivity index (χ0n) is 16.6. The van der Waals surface area contributed by atoms with Gasteiger partial charge in [0.25, 0.3) is 5.91 Å². The molecule has 29 heavy (non-hydrogen) atoms. The lowest BCUT2D eigenvalue weighted by atomic mass is 10.1. The molecule has 3 heterocycles. The molecule has 0 spiro atoms. The number of likely N-dealkylation sites (tertiary alicyclic amines) is 1. The number of hydrogen-bond donors (Lipinski definition) is 1. The fourth-order valence-electron chi connectivity index (χ4n) is 4.19. The summed E-state index contributed by atoms with van der Waals surface area (Å²) in [6.45, 7) is 3.19. The van der Waals surface area contributed by atoms with Crippen LogP contribution in [0.2, 0.25) is 0 Å². The highest BCUT2D eigenvalue weighted by molar-refractivity contribution is 5.92. The third-order valence-electron chi connectivity index (χ3n) is 5.79. The first kappa shape index (κ1) is 19.4. The molecule has 0 bridgehead atoms. The van der Waals surface area contributed by atoms with Crippen molar-refractivity contribution in [2.24, 2.45) is 0 Å². The van der Waals surface area contributed by atoms with Crippen molar-refractivity contribution in [3.63, 3.8) is 0 Å². The summed E-state index contributed by atoms with van der Waals surface area (Å²) in [4.78, 5) is 37.3. The second kappa shape index (κ2) is 9.03. The van der Waals surface area contributed by atoms with Gasteiger partial charge < -0.3 is 15.1 Å². The summed E-state index contributed by atoms with van der Waals surface area (Å²) in [7, 11) is 0. The number of hydrogen-bond acceptors (Lipinski definition) is 5. The molecule has 7 heteroatoms. The molecule has 1 saturated heterocycles. The smallest absolute Gasteiger partial charge is 0.271 e. The summed E-state index contributed by atoms with van der Waals surface area (Å²) in [5.74, 6) is 0.00542. The molecular weight excluding hydrogens is 366 g/mol. The first-order valence-corrected chi connectivity index (χ1v) is 10.4. The number of amides is 2. The van der Waals surface area contributed by atoms with Crippen molar-refractivity contribution in [3.8, 4) is 0 Å². The van der Waals surface area contributed by atoms with Crippen molar-refractivity contribution >= 4 is 17.5 Å². The fourth-order valence-corrected chi connectivity index (χ4v) is 4.19. The topological polar surface area (TPSA) is 78.4 Å². The van der Waals surface area contributed by atoms with Crippen molar-refractivity contribution < 1.29 is 9.59 Å². The molecule has 1 unspecified atom stereocenters. The van der Waals surface area contributed by atoms with E-state index in [2.05, 4.69) is 44.5 Å². The molecule has 0 radical (unpaired) electrons. The summed E-state index contributed by atoms with van der Waals surface area (Å²) in [6.07, 6.45) is 8.65. The molecule has 2 aromatic rings. The number of fused-ring (bicyclic) bond motifs is 1. The Morgan fingerprint density at radius 3 is 2.86 bits per heavy atom. The molecule has 7 nitrogen and oxygen atoms in total. The van der Waals surface area contributed by atoms with Crippen LogP contribution in [0.15, 0.2) is 42.9 Å². The maximum absolute atomic E-state index is 12.8. The van der Waals surface area contributed by atoms with E-state index in [0.717, 1.165) is 45.3 Å². The molecule has 0 aliphatic carbocycles. The van der Waals surface area contributed by atoms with Gasteiger partial charge in [-0.05, 0) is 37.3 Å². The molecule has 1 aromatic carbocycles. The Kier molecular flexibility index (Phi) is 6.03. The Morgan fingerprint density at radius 2 is 2.00 bits per heavy atom. The van der Waals surface area contributed by atoms with Crippen LogP contribution in [-0.2, 0) is 11.2 Å². The number of carbonyl (C=O) groups is 2. The molecule has 152 valence electrons. The highest BCUT2D eigenvalue weighted by Gasteiger charge is 2.24. The summed E-state index contributed by atoms with van der Waals surface area (Å²) in [5, 5.41) is 3.03. The fraction of sp³-hybridized carbons (Fsp3) is 0.455. The van der Waals surface area contributed by atoms with Crippen molar-refractivity contribution in [2.75, 3.05) is 31.1 Å². The second-order valence-electron chi connectivity index (χ2n) is 7.69. The number of nitrogens with zero attached hydrogens (tertiary/aromatic N) is 4. The van der Waals surface area contributed by atoms with Crippen LogP contribution in [0.1, 0.15) is 41.7 Å². The molecule has 1 atom stereocenters. The van der Waals surface area contributed by atoms with Crippen LogP contribution in [0, 0.1) is 0 Å². The van der Waals surface area contributed by atoms with E-state index in [4.69, 9.17) is 0 Å². The van der Waals surface area contributed by atoms with Gasteiger partial charge in [-0.1, -0.05) is 18.2 Å². The highest BCUT2D eigenvalue weighted by Crippen LogP contribution is 2.27. The minimum atomic E-state index is -0.199. The number of para-hydroxylation sites is 1. The van der Waals surface area contributed by atoms with E-state index in [1.165, 1.54) is 23.6 Å². The van der Waals surface area contributed by atoms with Gasteiger partial charge >= 0.3 is 0 Å². The lowest BCUT2D eigenvalue weighted by Gasteiger charge is -2.24. The van der Waals surface area contributed by atoms with Gasteiger partial charge in [-0.2, -0.15) is 0 Å². The average Bonchev–Trinajstić information content (AvgIpc) is 3.03. The molecule has 2 amide bonds. The van der Waals surface area contributed by atoms with E-state index in [9.17, 15) is 9.59 Å². The van der Waals surface area contributed by atoms with E-state index in [-0.39, 0.29) is 17.9 Å². The standard InChI is InChI=1S/C22H27N5O2/c28-21(9-15-26-13-7-17-4-1-2-6-20(17)26)27-12-3-5-18(8-14-27)25-22(29)19-16-23-10-11-24-19/h1-2,4,6,10-11,16,18H,3,5,7-9,12-15H2,(H,25,29). The largest absolute Gasteiger partial charge is 0.370 e. The summed E-state index contributed by atoms with van der Waals surface area (Å²) in [6, 6.07) is 8.51. The van der Waals surface area contributed by atoms with E-state index >= 15 is 0 Å². The van der Waals surface area contributed by atoms with Crippen molar-refractivity contribution in [2.45, 2.75) is 38.1 Å². The Morgan fingerprint density at radius 1 is 1.10 bits per heavy atom. The number of nitrogens with one attached hydrogen (secondary N) is 1. The Bertz CT molecular complexity index is 857. The van der Waals surface area contributed by atoms with Crippen LogP contribution < -0.4 is 10.2 Å². The quantitative estimate of drug-likeness (QED) is 0.841. The van der Waals surface area contributed by atoms with Gasteiger partial charge in [0.05, 0.1) is 6.20 Å². The first-order chi connectivity index (χ1) is 14.2. The summed E-state index contributed by atoms with van der Waals surface area (Å²) in [5.41, 5.74) is 2.97. The van der Waals surface area contributed by atoms with Crippen molar-refractivity contribution in [1.82, 2.24) is 20.2 Å². The van der Waals surface area contributed by atoms with Crippen LogP contribution in [0.25, 0.3) is 0 Å². The van der Waals surface area contributed by atoms with E-state index < -0.39 is 0 Å². The monoisotopic (exact) mass is 393 g/mol. The zero-order valence-corrected chi connectivity index (χ0v) is 16.6. The normalized spacial score (nSPS) is 18.8. The Labute approximate surface area is 171 Å². The average molecular weight is 393 g/mol. The minimum Gasteiger partial charge on any atom is -0.370 e. The van der Waals surface area contributed by atoms with Crippen LogP contribution in [-0.4, -0.2) is 58.9 Å². The Balaban J connectivity index is 1.25. The Hall–Kier alpha value is -2.96. The molecule has 2 aliphatic heterocycles. The van der Waals surface area contributed by atoms with Gasteiger partial charge in [0.1, 0.15) is 5.69 Å². The van der Waals surface area contributed by atoms with Gasteiger partial charge in [0.15, 0.2) is 0 Å². The van der Waals surface area contributed by atoms with Gasteiger partial charge in [0.2, 0.25) is 5.91 Å². The minimum absolute atomic E-state index is 0.0627. The lowest BCUT2D eigenvalue weighted by Crippen LogP contribution is -2.38. The van der Waals surface area contributed by atoms with Crippen LogP contribution in [0.3, 0.4) is 0 Å². The molecule has 0 saturated carbocycles. The molecule has 2 aliphatic rings. The van der Waals surface area contributed by atoms with E-state index in [1.807, 2.05) is 4.90 Å². The van der Waals surface area contributed by atoms with Crippen molar-refractivity contribution in [3.05, 3.63) is 54.1 Å². The number of carbonyl (C=O) groups excluding carboxylic acids is 2. The third kappa shape index (κ3) is 4.72.